The molecule has 90 valence electrons. The van der Waals surface area contributed by atoms with E-state index in [4.69, 9.17) is 0 Å². The van der Waals surface area contributed by atoms with Crippen LogP contribution in [0, 0.1) is 5.41 Å². The van der Waals surface area contributed by atoms with Crippen molar-refractivity contribution in [2.75, 3.05) is 13.1 Å². The van der Waals surface area contributed by atoms with Gasteiger partial charge in [0.25, 0.3) is 12.9 Å². The first-order valence-electron chi connectivity index (χ1n) is 4.50. The first-order chi connectivity index (χ1) is 6.64. The molecule has 0 aliphatic heterocycles. The monoisotopic (exact) mass is 229 g/mol. The zero-order valence-corrected chi connectivity index (χ0v) is 8.94. The van der Waals surface area contributed by atoms with Crippen LogP contribution < -0.4 is 0 Å². The molecule has 1 amide bonds. The third kappa shape index (κ3) is 5.59. The highest BCUT2D eigenvalue weighted by Gasteiger charge is 2.30. The van der Waals surface area contributed by atoms with Crippen LogP contribution in [0.15, 0.2) is 0 Å². The quantitative estimate of drug-likeness (QED) is 0.678. The van der Waals surface area contributed by atoms with Gasteiger partial charge in [0.15, 0.2) is 0 Å². The van der Waals surface area contributed by atoms with Crippen molar-refractivity contribution in [2.45, 2.75) is 33.6 Å². The molecule has 0 saturated carbocycles. The molecule has 0 saturated heterocycles. The molecular weight excluding hydrogens is 214 g/mol. The molecule has 0 unspecified atom stereocenters. The predicted molar refractivity (Wildman–Crippen MR) is 48.0 cm³/mol. The van der Waals surface area contributed by atoms with Gasteiger partial charge in [0.2, 0.25) is 5.91 Å². The van der Waals surface area contributed by atoms with E-state index in [2.05, 4.69) is 0 Å². The lowest BCUT2D eigenvalue weighted by Crippen LogP contribution is -2.44. The van der Waals surface area contributed by atoms with Crippen LogP contribution in [0.2, 0.25) is 0 Å². The van der Waals surface area contributed by atoms with Gasteiger partial charge in [-0.15, -0.1) is 0 Å². The zero-order valence-electron chi connectivity index (χ0n) is 8.94. The first-order valence-corrected chi connectivity index (χ1v) is 4.50. The highest BCUT2D eigenvalue weighted by molar-refractivity contribution is 5.81. The number of carbonyl (C=O) groups is 1. The van der Waals surface area contributed by atoms with Crippen molar-refractivity contribution < 1.29 is 22.4 Å². The maximum absolute atomic E-state index is 12.0. The molecule has 2 nitrogen and oxygen atoms in total. The second-order valence-corrected chi connectivity index (χ2v) is 4.24. The first kappa shape index (κ1) is 14.2. The summed E-state index contributed by atoms with van der Waals surface area (Å²) < 4.78 is 48.2. The molecule has 0 aliphatic rings. The van der Waals surface area contributed by atoms with Crippen LogP contribution in [0.3, 0.4) is 0 Å². The Morgan fingerprint density at radius 3 is 1.60 bits per heavy atom. The van der Waals surface area contributed by atoms with Gasteiger partial charge in [-0.05, 0) is 0 Å². The van der Waals surface area contributed by atoms with Crippen molar-refractivity contribution in [1.29, 1.82) is 0 Å². The van der Waals surface area contributed by atoms with Crippen LogP contribution in [0.4, 0.5) is 17.6 Å². The zero-order chi connectivity index (χ0) is 12.2. The molecule has 0 aliphatic carbocycles. The fourth-order valence-electron chi connectivity index (χ4n) is 1.05. The van der Waals surface area contributed by atoms with Crippen LogP contribution in [0.1, 0.15) is 20.8 Å². The highest BCUT2D eigenvalue weighted by atomic mass is 19.3. The number of nitrogens with zero attached hydrogens (tertiary/aromatic N) is 1. The third-order valence-electron chi connectivity index (χ3n) is 1.65. The van der Waals surface area contributed by atoms with Gasteiger partial charge in [-0.25, -0.2) is 17.6 Å². The molecule has 0 radical (unpaired) electrons. The SMILES string of the molecule is CC(C)(C)C(=O)N(CC(F)F)CC(F)F. The van der Waals surface area contributed by atoms with Crippen LogP contribution in [0.25, 0.3) is 0 Å². The number of hydrogen-bond donors (Lipinski definition) is 0. The Labute approximate surface area is 86.2 Å². The molecular formula is C9H15F4NO. The molecule has 0 aromatic heterocycles. The largest absolute Gasteiger partial charge is 0.331 e. The number of amides is 1. The van der Waals surface area contributed by atoms with E-state index in [1.165, 1.54) is 20.8 Å². The Balaban J connectivity index is 4.55. The van der Waals surface area contributed by atoms with E-state index in [0.29, 0.717) is 4.90 Å². The van der Waals surface area contributed by atoms with Gasteiger partial charge in [-0.3, -0.25) is 4.79 Å². The molecule has 6 heteroatoms. The van der Waals surface area contributed by atoms with Gasteiger partial charge in [-0.2, -0.15) is 0 Å². The molecule has 0 rings (SSSR count). The van der Waals surface area contributed by atoms with Gasteiger partial charge >= 0.3 is 0 Å². The number of rotatable bonds is 4. The third-order valence-corrected chi connectivity index (χ3v) is 1.65. The molecule has 0 fully saturated rings. The Kier molecular flexibility index (Phi) is 5.03. The van der Waals surface area contributed by atoms with Gasteiger partial charge in [0, 0.05) is 5.41 Å². The molecule has 0 aromatic carbocycles. The average molecular weight is 229 g/mol. The predicted octanol–water partition coefficient (Wildman–Crippen LogP) is 2.39. The smallest absolute Gasteiger partial charge is 0.255 e. The van der Waals surface area contributed by atoms with E-state index in [0.717, 1.165) is 0 Å². The topological polar surface area (TPSA) is 20.3 Å². The van der Waals surface area contributed by atoms with E-state index >= 15 is 0 Å². The van der Waals surface area contributed by atoms with Crippen LogP contribution in [-0.2, 0) is 4.79 Å². The normalized spacial score (nSPS) is 12.3. The van der Waals surface area contributed by atoms with Crippen LogP contribution >= 0.6 is 0 Å². The summed E-state index contributed by atoms with van der Waals surface area (Å²) in [5.74, 6) is -0.692. The molecule has 0 aromatic rings. The lowest BCUT2D eigenvalue weighted by atomic mass is 9.94. The fraction of sp³-hybridized carbons (Fsp3) is 0.889. The summed E-state index contributed by atoms with van der Waals surface area (Å²) >= 11 is 0. The lowest BCUT2D eigenvalue weighted by molar-refractivity contribution is -0.143. The maximum atomic E-state index is 12.0. The van der Waals surface area contributed by atoms with Crippen molar-refractivity contribution in [3.63, 3.8) is 0 Å². The molecule has 0 N–H and O–H groups in total. The number of carbonyl (C=O) groups excluding carboxylic acids is 1. The Morgan fingerprint density at radius 1 is 1.07 bits per heavy atom. The molecule has 0 spiro atoms. The summed E-state index contributed by atoms with van der Waals surface area (Å²) in [7, 11) is 0. The summed E-state index contributed by atoms with van der Waals surface area (Å²) in [6.07, 6.45) is -5.59. The van der Waals surface area contributed by atoms with Gasteiger partial charge in [0.1, 0.15) is 0 Å². The molecule has 0 heterocycles. The lowest BCUT2D eigenvalue weighted by Gasteiger charge is -2.28. The van der Waals surface area contributed by atoms with Crippen LogP contribution in [0.5, 0.6) is 0 Å². The summed E-state index contributed by atoms with van der Waals surface area (Å²) in [5.41, 5.74) is -0.927. The van der Waals surface area contributed by atoms with E-state index < -0.39 is 37.3 Å². The van der Waals surface area contributed by atoms with Gasteiger partial charge < -0.3 is 4.90 Å². The van der Waals surface area contributed by atoms with Crippen molar-refractivity contribution in [3.05, 3.63) is 0 Å². The van der Waals surface area contributed by atoms with E-state index in [1.807, 2.05) is 0 Å². The van der Waals surface area contributed by atoms with E-state index in [9.17, 15) is 22.4 Å². The Morgan fingerprint density at radius 2 is 1.40 bits per heavy atom. The van der Waals surface area contributed by atoms with Crippen LogP contribution in [-0.4, -0.2) is 36.7 Å². The summed E-state index contributed by atoms with van der Waals surface area (Å²) in [6, 6.07) is 0. The highest BCUT2D eigenvalue weighted by Crippen LogP contribution is 2.19. The van der Waals surface area contributed by atoms with E-state index in [1.54, 1.807) is 0 Å². The number of halogens is 4. The molecule has 0 atom stereocenters. The van der Waals surface area contributed by atoms with Gasteiger partial charge in [0.05, 0.1) is 13.1 Å². The minimum Gasteiger partial charge on any atom is -0.331 e. The summed E-state index contributed by atoms with van der Waals surface area (Å²) in [6.45, 7) is 2.61. The summed E-state index contributed by atoms with van der Waals surface area (Å²) in [5, 5.41) is 0. The average Bonchev–Trinajstić information content (AvgIpc) is 1.98. The Hall–Kier alpha value is -0.810. The fourth-order valence-corrected chi connectivity index (χ4v) is 1.05. The summed E-state index contributed by atoms with van der Waals surface area (Å²) in [4.78, 5) is 12.0. The minimum absolute atomic E-state index is 0.509. The molecule has 15 heavy (non-hydrogen) atoms. The Bertz CT molecular complexity index is 203. The minimum atomic E-state index is -2.80. The number of hydrogen-bond acceptors (Lipinski definition) is 1. The van der Waals surface area contributed by atoms with Gasteiger partial charge in [-0.1, -0.05) is 20.8 Å². The molecule has 0 bridgehead atoms. The van der Waals surface area contributed by atoms with Crippen molar-refractivity contribution >= 4 is 5.91 Å². The second kappa shape index (κ2) is 5.32. The maximum Gasteiger partial charge on any atom is 0.255 e. The second-order valence-electron chi connectivity index (χ2n) is 4.24. The van der Waals surface area contributed by atoms with Crippen molar-refractivity contribution in [2.24, 2.45) is 5.41 Å². The van der Waals surface area contributed by atoms with E-state index in [-0.39, 0.29) is 0 Å². The standard InChI is InChI=1S/C9H15F4NO/c1-9(2,3)8(15)14(4-6(10)11)5-7(12)13/h6-7H,4-5H2,1-3H3. The van der Waals surface area contributed by atoms with Crippen molar-refractivity contribution in [1.82, 2.24) is 4.90 Å². The number of alkyl halides is 4. The van der Waals surface area contributed by atoms with Crippen molar-refractivity contribution in [3.8, 4) is 0 Å².